The van der Waals surface area contributed by atoms with Gasteiger partial charge in [-0.2, -0.15) is 0 Å². The predicted octanol–water partition coefficient (Wildman–Crippen LogP) is 4.98. The molecule has 192 valence electrons. The lowest BCUT2D eigenvalue weighted by Crippen LogP contribution is -2.54. The number of hydrogen-bond acceptors (Lipinski definition) is 6. The van der Waals surface area contributed by atoms with Gasteiger partial charge in [0.2, 0.25) is 0 Å². The molecule has 2 heterocycles. The number of likely N-dealkylation sites (N-methyl/N-ethyl adjacent to an activating group) is 1. The van der Waals surface area contributed by atoms with Gasteiger partial charge in [0.1, 0.15) is 12.4 Å². The second kappa shape index (κ2) is 9.64. The molecule has 0 saturated carbocycles. The third-order valence-electron chi connectivity index (χ3n) is 7.13. The summed E-state index contributed by atoms with van der Waals surface area (Å²) in [4.78, 5) is 27.3. The molecular weight excluding hydrogens is 501 g/mol. The molecule has 2 aliphatic rings. The SMILES string of the molecule is CCOc1cc([C@@H]2CN(C)[C@@]3(C(=O)Nc4ccccc43)[C@H]2[N+](=O)[O-])cc(Cl)c1OCc1ccccc1F. The Balaban J connectivity index is 1.55. The smallest absolute Gasteiger partial charge is 0.256 e. The summed E-state index contributed by atoms with van der Waals surface area (Å²) in [5, 5.41) is 15.6. The minimum Gasteiger partial charge on any atom is -0.490 e. The molecule has 0 unspecified atom stereocenters. The summed E-state index contributed by atoms with van der Waals surface area (Å²) in [5.74, 6) is -0.992. The Kier molecular flexibility index (Phi) is 6.51. The van der Waals surface area contributed by atoms with Crippen LogP contribution < -0.4 is 14.8 Å². The van der Waals surface area contributed by atoms with E-state index < -0.39 is 29.2 Å². The highest BCUT2D eigenvalue weighted by atomic mass is 35.5. The number of fused-ring (bicyclic) bond motifs is 2. The number of halogens is 2. The van der Waals surface area contributed by atoms with Crippen molar-refractivity contribution in [2.45, 2.75) is 31.0 Å². The maximum atomic E-state index is 14.1. The van der Waals surface area contributed by atoms with Crippen LogP contribution in [0, 0.1) is 15.9 Å². The summed E-state index contributed by atoms with van der Waals surface area (Å²) in [6.07, 6.45) is 0. The molecule has 10 heteroatoms. The van der Waals surface area contributed by atoms with Gasteiger partial charge in [0.15, 0.2) is 17.0 Å². The van der Waals surface area contributed by atoms with Gasteiger partial charge < -0.3 is 14.8 Å². The normalized spacial score (nSPS) is 22.6. The van der Waals surface area contributed by atoms with Gasteiger partial charge in [0.25, 0.3) is 11.9 Å². The molecule has 0 bridgehead atoms. The van der Waals surface area contributed by atoms with Crippen LogP contribution in [0.25, 0.3) is 0 Å². The summed E-state index contributed by atoms with van der Waals surface area (Å²) in [7, 11) is 1.72. The van der Waals surface area contributed by atoms with Crippen LogP contribution in [0.4, 0.5) is 10.1 Å². The van der Waals surface area contributed by atoms with Crippen LogP contribution >= 0.6 is 11.6 Å². The largest absolute Gasteiger partial charge is 0.490 e. The Morgan fingerprint density at radius 2 is 1.92 bits per heavy atom. The Labute approximate surface area is 218 Å². The number of hydrogen-bond donors (Lipinski definition) is 1. The van der Waals surface area contributed by atoms with E-state index in [9.17, 15) is 19.3 Å². The summed E-state index contributed by atoms with van der Waals surface area (Å²) >= 11 is 6.62. The fourth-order valence-electron chi connectivity index (χ4n) is 5.55. The number of nitro groups is 1. The Morgan fingerprint density at radius 1 is 1.19 bits per heavy atom. The van der Waals surface area contributed by atoms with Gasteiger partial charge in [0, 0.05) is 28.3 Å². The zero-order chi connectivity index (χ0) is 26.3. The van der Waals surface area contributed by atoms with E-state index in [1.807, 2.05) is 0 Å². The van der Waals surface area contributed by atoms with Crippen molar-refractivity contribution in [3.8, 4) is 11.5 Å². The average molecular weight is 526 g/mol. The van der Waals surface area contributed by atoms with Crippen LogP contribution in [0.3, 0.4) is 0 Å². The van der Waals surface area contributed by atoms with Crippen LogP contribution in [0.2, 0.25) is 5.02 Å². The highest BCUT2D eigenvalue weighted by molar-refractivity contribution is 6.32. The standard InChI is InChI=1S/C27H25ClFN3O5/c1-3-36-23-13-17(12-20(28)24(23)37-15-16-8-4-6-10-21(16)29)18-14-31(2)27(25(18)32(34)35)19-9-5-7-11-22(19)30-26(27)33/h4-13,18,25H,3,14-15H2,1-2H3,(H,30,33)/t18-,25-,27+/m0/s1. The number of amides is 1. The van der Waals surface area contributed by atoms with Crippen LogP contribution in [0.5, 0.6) is 11.5 Å². The number of anilines is 1. The number of rotatable bonds is 7. The first kappa shape index (κ1) is 25.0. The van der Waals surface area contributed by atoms with E-state index in [2.05, 4.69) is 5.32 Å². The summed E-state index contributed by atoms with van der Waals surface area (Å²) < 4.78 is 25.7. The van der Waals surface area contributed by atoms with Crippen LogP contribution in [-0.2, 0) is 16.9 Å². The van der Waals surface area contributed by atoms with Crippen molar-refractivity contribution < 1.29 is 23.6 Å². The van der Waals surface area contributed by atoms with Gasteiger partial charge in [-0.15, -0.1) is 0 Å². The third-order valence-corrected chi connectivity index (χ3v) is 7.41. The van der Waals surface area contributed by atoms with Gasteiger partial charge in [0.05, 0.1) is 17.5 Å². The number of carbonyl (C=O) groups excluding carboxylic acids is 1. The van der Waals surface area contributed by atoms with E-state index >= 15 is 0 Å². The Morgan fingerprint density at radius 3 is 2.65 bits per heavy atom. The van der Waals surface area contributed by atoms with Crippen LogP contribution in [0.15, 0.2) is 60.7 Å². The maximum Gasteiger partial charge on any atom is 0.256 e. The molecule has 37 heavy (non-hydrogen) atoms. The van der Waals surface area contributed by atoms with E-state index in [1.165, 1.54) is 6.07 Å². The van der Waals surface area contributed by atoms with E-state index in [0.717, 1.165) is 0 Å². The Hall–Kier alpha value is -3.69. The summed E-state index contributed by atoms with van der Waals surface area (Å²) in [6, 6.07) is 15.3. The molecule has 0 aliphatic carbocycles. The van der Waals surface area contributed by atoms with Crippen molar-refractivity contribution in [1.82, 2.24) is 4.90 Å². The third kappa shape index (κ3) is 3.98. The van der Waals surface area contributed by atoms with Crippen molar-refractivity contribution in [2.75, 3.05) is 25.5 Å². The minimum absolute atomic E-state index is 0.0738. The first-order valence-electron chi connectivity index (χ1n) is 11.9. The number of likely N-dealkylation sites (tertiary alicyclic amines) is 1. The number of carbonyl (C=O) groups is 1. The molecule has 1 saturated heterocycles. The molecule has 1 amide bonds. The minimum atomic E-state index is -1.47. The number of nitrogens with one attached hydrogen (secondary N) is 1. The quantitative estimate of drug-likeness (QED) is 0.345. The van der Waals surface area contributed by atoms with Gasteiger partial charge in [-0.25, -0.2) is 4.39 Å². The zero-order valence-electron chi connectivity index (χ0n) is 20.2. The maximum absolute atomic E-state index is 14.1. The number of ether oxygens (including phenoxy) is 2. The van der Waals surface area contributed by atoms with Crippen LogP contribution in [-0.4, -0.2) is 42.0 Å². The summed E-state index contributed by atoms with van der Waals surface area (Å²) in [6.45, 7) is 2.25. The lowest BCUT2D eigenvalue weighted by Gasteiger charge is -2.30. The van der Waals surface area contributed by atoms with Crippen molar-refractivity contribution in [3.05, 3.63) is 98.3 Å². The highest BCUT2D eigenvalue weighted by Crippen LogP contribution is 2.53. The van der Waals surface area contributed by atoms with Crippen molar-refractivity contribution in [3.63, 3.8) is 0 Å². The van der Waals surface area contributed by atoms with Gasteiger partial charge in [-0.1, -0.05) is 48.0 Å². The molecule has 0 aromatic heterocycles. The molecule has 2 aliphatic heterocycles. The molecule has 0 radical (unpaired) electrons. The predicted molar refractivity (Wildman–Crippen MR) is 136 cm³/mol. The molecule has 1 N–H and O–H groups in total. The summed E-state index contributed by atoms with van der Waals surface area (Å²) in [5.41, 5.74) is 0.575. The molecule has 3 atom stereocenters. The molecule has 3 aromatic rings. The monoisotopic (exact) mass is 525 g/mol. The molecule has 5 rings (SSSR count). The molecule has 1 fully saturated rings. The fraction of sp³-hybridized carbons (Fsp3) is 0.296. The fourth-order valence-corrected chi connectivity index (χ4v) is 5.82. The Bertz CT molecular complexity index is 1390. The van der Waals surface area contributed by atoms with Gasteiger partial charge in [-0.05, 0) is 43.8 Å². The highest BCUT2D eigenvalue weighted by Gasteiger charge is 2.68. The molecule has 1 spiro atoms. The topological polar surface area (TPSA) is 93.9 Å². The number of benzene rings is 3. The first-order chi connectivity index (χ1) is 17.8. The average Bonchev–Trinajstić information content (AvgIpc) is 3.34. The van der Waals surface area contributed by atoms with Gasteiger partial charge >= 0.3 is 0 Å². The van der Waals surface area contributed by atoms with E-state index in [-0.39, 0.29) is 28.8 Å². The zero-order valence-corrected chi connectivity index (χ0v) is 21.0. The molecule has 8 nitrogen and oxygen atoms in total. The lowest BCUT2D eigenvalue weighted by molar-refractivity contribution is -0.534. The second-order valence-corrected chi connectivity index (χ2v) is 9.53. The van der Waals surface area contributed by atoms with Crippen molar-refractivity contribution in [2.24, 2.45) is 0 Å². The second-order valence-electron chi connectivity index (χ2n) is 9.13. The lowest BCUT2D eigenvalue weighted by atomic mass is 9.79. The van der Waals surface area contributed by atoms with E-state index in [1.54, 1.807) is 73.5 Å². The van der Waals surface area contributed by atoms with E-state index in [4.69, 9.17) is 21.1 Å². The van der Waals surface area contributed by atoms with E-state index in [0.29, 0.717) is 34.7 Å². The van der Waals surface area contributed by atoms with Crippen molar-refractivity contribution in [1.29, 1.82) is 0 Å². The van der Waals surface area contributed by atoms with Gasteiger partial charge in [-0.3, -0.25) is 19.8 Å². The first-order valence-corrected chi connectivity index (χ1v) is 12.2. The van der Waals surface area contributed by atoms with Crippen LogP contribution in [0.1, 0.15) is 29.5 Å². The number of para-hydroxylation sites is 1. The molecular formula is C27H25ClFN3O5. The molecule has 3 aromatic carbocycles. The van der Waals surface area contributed by atoms with Crippen molar-refractivity contribution >= 4 is 23.2 Å². The number of nitrogens with zero attached hydrogens (tertiary/aromatic N) is 2.